The summed E-state index contributed by atoms with van der Waals surface area (Å²) in [6.07, 6.45) is 0. The van der Waals surface area contributed by atoms with Crippen LogP contribution in [0.2, 0.25) is 0 Å². The van der Waals surface area contributed by atoms with Crippen LogP contribution in [0.4, 0.5) is 45.5 Å². The van der Waals surface area contributed by atoms with Crippen LogP contribution in [0.5, 0.6) is 11.5 Å². The average molecular weight is 1060 g/mol. The largest absolute Gasteiger partial charge is 0.505 e. The number of nitrogens with zero attached hydrogens (tertiary/aromatic N) is 6. The van der Waals surface area contributed by atoms with E-state index in [-0.39, 0.29) is 84.4 Å². The Morgan fingerprint density at radius 2 is 1.11 bits per heavy atom. The maximum atomic E-state index is 12.9. The van der Waals surface area contributed by atoms with Crippen LogP contribution in [-0.2, 0) is 40.5 Å². The van der Waals surface area contributed by atoms with Crippen molar-refractivity contribution in [2.75, 3.05) is 17.7 Å². The molecule has 0 aliphatic rings. The van der Waals surface area contributed by atoms with E-state index >= 15 is 0 Å². The summed E-state index contributed by atoms with van der Waals surface area (Å²) in [5, 5.41) is 39.5. The molecule has 23 nitrogen and oxygen atoms in total. The molecular weight excluding hydrogens is 1020 g/mol. The maximum Gasteiger partial charge on any atom is 0.296 e. The summed E-state index contributed by atoms with van der Waals surface area (Å²) in [6, 6.07) is 26.7. The van der Waals surface area contributed by atoms with E-state index < -0.39 is 77.4 Å². The minimum atomic E-state index is -5.17. The molecule has 0 aliphatic heterocycles. The van der Waals surface area contributed by atoms with E-state index in [9.17, 15) is 61.8 Å². The number of fused-ring (bicyclic) bond motifs is 3. The average Bonchev–Trinajstić information content (AvgIpc) is 3.31. The lowest BCUT2D eigenvalue weighted by molar-refractivity contribution is 0.102. The molecule has 8 N–H and O–H groups in total. The van der Waals surface area contributed by atoms with Gasteiger partial charge in [-0.2, -0.15) is 38.8 Å². The number of carbonyl (C=O) groups is 1. The van der Waals surface area contributed by atoms with E-state index in [0.717, 1.165) is 42.5 Å². The number of phenolic OH excluding ortho intramolecular Hbond substituents is 1. The van der Waals surface area contributed by atoms with Gasteiger partial charge in [-0.05, 0) is 109 Å². The first kappa shape index (κ1) is 50.2. The molecule has 8 aromatic carbocycles. The Balaban J connectivity index is 1.25. The molecule has 0 saturated carbocycles. The molecule has 0 spiro atoms. The summed E-state index contributed by atoms with van der Waals surface area (Å²) in [7, 11) is -19.4. The molecule has 8 rings (SSSR count). The summed E-state index contributed by atoms with van der Waals surface area (Å²) in [5.74, 6) is -1.44. The zero-order valence-corrected chi connectivity index (χ0v) is 39.8. The van der Waals surface area contributed by atoms with Gasteiger partial charge in [-0.15, -0.1) is 25.6 Å². The van der Waals surface area contributed by atoms with E-state index in [1.807, 2.05) is 0 Å². The van der Waals surface area contributed by atoms with Crippen molar-refractivity contribution < 1.29 is 66.5 Å². The van der Waals surface area contributed by atoms with Crippen molar-refractivity contribution >= 4 is 124 Å². The molecular formula is C45H34N8O15S4. The number of nitrogen functional groups attached to an aromatic ring is 1. The van der Waals surface area contributed by atoms with Gasteiger partial charge in [0.25, 0.3) is 46.4 Å². The normalized spacial score (nSPS) is 12.7. The molecule has 0 fully saturated rings. The van der Waals surface area contributed by atoms with E-state index in [1.165, 1.54) is 72.8 Å². The summed E-state index contributed by atoms with van der Waals surface area (Å²) in [6.45, 7) is 1.55. The molecule has 0 saturated heterocycles. The van der Waals surface area contributed by atoms with Crippen molar-refractivity contribution in [1.82, 2.24) is 0 Å². The van der Waals surface area contributed by atoms with Gasteiger partial charge in [-0.25, -0.2) is 0 Å². The molecule has 8 aromatic rings. The van der Waals surface area contributed by atoms with Crippen LogP contribution in [0.25, 0.3) is 32.3 Å². The van der Waals surface area contributed by atoms with Gasteiger partial charge in [0.05, 0.1) is 44.0 Å². The first-order chi connectivity index (χ1) is 33.9. The monoisotopic (exact) mass is 1050 g/mol. The maximum absolute atomic E-state index is 12.9. The van der Waals surface area contributed by atoms with E-state index in [1.54, 1.807) is 19.1 Å². The zero-order valence-electron chi connectivity index (χ0n) is 36.5. The highest BCUT2D eigenvalue weighted by Crippen LogP contribution is 2.47. The third-order valence-corrected chi connectivity index (χ3v) is 13.9. The van der Waals surface area contributed by atoms with Crippen LogP contribution in [0.15, 0.2) is 178 Å². The number of aromatic hydroxyl groups is 1. The van der Waals surface area contributed by atoms with Gasteiger partial charge >= 0.3 is 0 Å². The molecule has 0 atom stereocenters. The number of nitrogens with two attached hydrogens (primary N) is 1. The number of ether oxygens (including phenoxy) is 1. The molecule has 368 valence electrons. The van der Waals surface area contributed by atoms with E-state index in [0.29, 0.717) is 5.69 Å². The highest BCUT2D eigenvalue weighted by molar-refractivity contribution is 7.86. The Kier molecular flexibility index (Phi) is 13.4. The molecule has 0 unspecified atom stereocenters. The van der Waals surface area contributed by atoms with Crippen molar-refractivity contribution in [2.24, 2.45) is 30.7 Å². The van der Waals surface area contributed by atoms with Crippen molar-refractivity contribution in [1.29, 1.82) is 0 Å². The molecule has 0 radical (unpaired) electrons. The number of anilines is 2. The van der Waals surface area contributed by atoms with Gasteiger partial charge in [-0.1, -0.05) is 24.3 Å². The minimum Gasteiger partial charge on any atom is -0.505 e. The van der Waals surface area contributed by atoms with Gasteiger partial charge in [0, 0.05) is 49.9 Å². The molecule has 1 amide bonds. The lowest BCUT2D eigenvalue weighted by atomic mass is 10.1. The molecule has 0 heterocycles. The Morgan fingerprint density at radius 1 is 0.542 bits per heavy atom. The summed E-state index contributed by atoms with van der Waals surface area (Å²) < 4.78 is 144. The number of azo groups is 3. The van der Waals surface area contributed by atoms with Crippen LogP contribution in [0.1, 0.15) is 17.3 Å². The minimum absolute atomic E-state index is 0.00707. The highest BCUT2D eigenvalue weighted by Gasteiger charge is 2.24. The predicted octanol–water partition coefficient (Wildman–Crippen LogP) is 10.3. The van der Waals surface area contributed by atoms with Crippen molar-refractivity contribution in [3.63, 3.8) is 0 Å². The number of carbonyl (C=O) groups excluding carboxylic acids is 1. The predicted molar refractivity (Wildman–Crippen MR) is 262 cm³/mol. The number of nitrogens with one attached hydrogen (secondary N) is 1. The lowest BCUT2D eigenvalue weighted by Crippen LogP contribution is -2.12. The second kappa shape index (κ2) is 19.2. The number of hydrogen-bond donors (Lipinski definition) is 7. The van der Waals surface area contributed by atoms with E-state index in [2.05, 4.69) is 36.0 Å². The third-order valence-electron chi connectivity index (χ3n) is 10.5. The fourth-order valence-corrected chi connectivity index (χ4v) is 9.41. The smallest absolute Gasteiger partial charge is 0.296 e. The number of hydrogen-bond acceptors (Lipinski definition) is 18. The van der Waals surface area contributed by atoms with Crippen molar-refractivity contribution in [2.45, 2.75) is 26.5 Å². The molecule has 27 heteroatoms. The van der Waals surface area contributed by atoms with Crippen LogP contribution in [-0.4, -0.2) is 69.5 Å². The van der Waals surface area contributed by atoms with Crippen LogP contribution >= 0.6 is 0 Å². The SMILES string of the molecule is CCOc1cc(N=Nc2ccc(N=Nc3cccc(S(=O)(=O)O)c3)c3ccc(S(=O)(=O)O)cc23)c2cc(S(=O)(=O)O)ccc2c1N=Nc1c(S(=O)(=O)O)cc2cc(NC(=O)c3cccc(N)c3)ccc2c1O. The first-order valence-electron chi connectivity index (χ1n) is 20.4. The molecule has 0 aromatic heterocycles. The van der Waals surface area contributed by atoms with Gasteiger partial charge < -0.3 is 20.9 Å². The molecule has 0 bridgehead atoms. The standard InChI is InChI=1S/C45H34N8O15S4/c1-2-68-40-23-39(51-50-38-16-15-37(33-13-10-30(21-35(33)38)70(59,60)61)49-48-28-7-4-8-29(20-28)69(56,57)58)36-22-31(71(62,63)64)11-14-34(36)42(40)52-53-43-41(72(65,66)67)19-25-18-27(9-12-32(25)44(43)54)47-45(55)24-5-3-6-26(46)17-24/h3-23,54H,2,46H2,1H3,(H,47,55)(H,56,57,58)(H,59,60,61)(H,62,63,64)(H,65,66,67). The van der Waals surface area contributed by atoms with Crippen LogP contribution in [0.3, 0.4) is 0 Å². The van der Waals surface area contributed by atoms with Gasteiger partial charge in [0.15, 0.2) is 5.75 Å². The quantitative estimate of drug-likeness (QED) is 0.0302. The van der Waals surface area contributed by atoms with Crippen molar-refractivity contribution in [3.8, 4) is 11.5 Å². The second-order valence-corrected chi connectivity index (χ2v) is 20.9. The van der Waals surface area contributed by atoms with Crippen LogP contribution in [0, 0.1) is 0 Å². The number of phenols is 1. The van der Waals surface area contributed by atoms with Crippen LogP contribution < -0.4 is 15.8 Å². The highest BCUT2D eigenvalue weighted by atomic mass is 32.2. The summed E-state index contributed by atoms with van der Waals surface area (Å²) >= 11 is 0. The van der Waals surface area contributed by atoms with Gasteiger partial charge in [0.2, 0.25) is 0 Å². The number of amides is 1. The second-order valence-electron chi connectivity index (χ2n) is 15.3. The Hall–Kier alpha value is -8.15. The van der Waals surface area contributed by atoms with Gasteiger partial charge in [-0.3, -0.25) is 23.0 Å². The fourth-order valence-electron chi connectivity index (χ4n) is 7.22. The molecule has 0 aliphatic carbocycles. The zero-order chi connectivity index (χ0) is 51.9. The van der Waals surface area contributed by atoms with E-state index in [4.69, 9.17) is 10.5 Å². The summed E-state index contributed by atoms with van der Waals surface area (Å²) in [4.78, 5) is 10.4. The third kappa shape index (κ3) is 10.8. The number of rotatable bonds is 14. The number of benzene rings is 8. The fraction of sp³-hybridized carbons (Fsp3) is 0.0444. The van der Waals surface area contributed by atoms with Gasteiger partial charge in [0.1, 0.15) is 22.0 Å². The Bertz CT molecular complexity index is 4150. The first-order valence-corrected chi connectivity index (χ1v) is 26.2. The molecule has 72 heavy (non-hydrogen) atoms. The Labute approximate surface area is 408 Å². The summed E-state index contributed by atoms with van der Waals surface area (Å²) in [5.41, 5.74) is 5.51. The lowest BCUT2D eigenvalue weighted by Gasteiger charge is -2.13. The van der Waals surface area contributed by atoms with Crippen molar-refractivity contribution in [3.05, 3.63) is 133 Å². The Morgan fingerprint density at radius 3 is 1.75 bits per heavy atom. The topological polar surface area (TPSA) is 376 Å².